The van der Waals surface area contributed by atoms with Crippen LogP contribution in [-0.4, -0.2) is 53.3 Å². The van der Waals surface area contributed by atoms with Crippen molar-refractivity contribution in [1.29, 1.82) is 0 Å². The molecule has 0 saturated carbocycles. The van der Waals surface area contributed by atoms with Gasteiger partial charge in [0.1, 0.15) is 6.10 Å². The second-order valence-corrected chi connectivity index (χ2v) is 21.1. The fourth-order valence-corrected chi connectivity index (χ4v) is 5.46. The Bertz CT molecular complexity index is 480. The van der Waals surface area contributed by atoms with Crippen LogP contribution in [0.15, 0.2) is 0 Å². The highest BCUT2D eigenvalue weighted by molar-refractivity contribution is 6.74. The average Bonchev–Trinajstić information content (AvgIpc) is 3.27. The Morgan fingerprint density at radius 3 is 1.78 bits per heavy atom. The van der Waals surface area contributed by atoms with Crippen molar-refractivity contribution in [3.05, 3.63) is 0 Å². The molecule has 1 saturated heterocycles. The SMILES string of the molecule is C[C@@H]([C@H]1O[C@@H]1CO)[C@H](O[Si](C)(C)C(C)(C)C)[C@@H](C)CO[Si](C)(C)C(C)(C)C. The van der Waals surface area contributed by atoms with Crippen LogP contribution in [0.5, 0.6) is 0 Å². The first-order valence-corrected chi connectivity index (χ1v) is 16.3. The van der Waals surface area contributed by atoms with Crippen molar-refractivity contribution in [3.63, 3.8) is 0 Å². The fraction of sp³-hybridized carbons (Fsp3) is 1.00. The number of aliphatic hydroxyl groups is 1. The maximum Gasteiger partial charge on any atom is 0.192 e. The van der Waals surface area contributed by atoms with E-state index in [1.807, 2.05) is 0 Å². The minimum Gasteiger partial charge on any atom is -0.416 e. The molecule has 1 N–H and O–H groups in total. The number of epoxide rings is 1. The van der Waals surface area contributed by atoms with Gasteiger partial charge < -0.3 is 18.7 Å². The Morgan fingerprint density at radius 1 is 0.926 bits per heavy atom. The second-order valence-electron chi connectivity index (χ2n) is 11.6. The molecule has 0 aromatic heterocycles. The van der Waals surface area contributed by atoms with Gasteiger partial charge in [0.2, 0.25) is 0 Å². The molecule has 27 heavy (non-hydrogen) atoms. The first kappa shape index (κ1) is 25.3. The molecule has 1 aliphatic heterocycles. The summed E-state index contributed by atoms with van der Waals surface area (Å²) in [6, 6.07) is 0. The van der Waals surface area contributed by atoms with Crippen molar-refractivity contribution < 1.29 is 18.7 Å². The minimum atomic E-state index is -1.92. The molecule has 1 fully saturated rings. The van der Waals surface area contributed by atoms with Crippen LogP contribution in [0.25, 0.3) is 0 Å². The molecule has 1 heterocycles. The molecule has 0 spiro atoms. The number of rotatable bonds is 9. The highest BCUT2D eigenvalue weighted by Gasteiger charge is 2.49. The predicted molar refractivity (Wildman–Crippen MR) is 119 cm³/mol. The molecule has 1 aliphatic rings. The molecule has 0 bridgehead atoms. The third kappa shape index (κ3) is 6.38. The van der Waals surface area contributed by atoms with Gasteiger partial charge in [0.15, 0.2) is 16.6 Å². The second kappa shape index (κ2) is 8.56. The number of ether oxygens (including phenoxy) is 1. The fourth-order valence-electron chi connectivity index (χ4n) is 2.86. The Hall–Kier alpha value is 0.274. The van der Waals surface area contributed by atoms with Crippen LogP contribution in [0.3, 0.4) is 0 Å². The van der Waals surface area contributed by atoms with Gasteiger partial charge in [-0.2, -0.15) is 0 Å². The van der Waals surface area contributed by atoms with Crippen LogP contribution in [0.2, 0.25) is 36.3 Å². The van der Waals surface area contributed by atoms with Crippen molar-refractivity contribution in [1.82, 2.24) is 0 Å². The molecule has 162 valence electrons. The van der Waals surface area contributed by atoms with Crippen molar-refractivity contribution in [2.45, 2.75) is 110 Å². The lowest BCUT2D eigenvalue weighted by Crippen LogP contribution is -2.50. The molecule has 0 radical (unpaired) electrons. The standard InChI is InChI=1S/C21H46O4Si2/c1-15(14-23-26(9,10)20(3,4)5)18(16(2)19-17(13-22)24-19)25-27(11,12)21(6,7)8/h15-19,22H,13-14H2,1-12H3/t15-,16+,17+,18+,19+/m0/s1. The summed E-state index contributed by atoms with van der Waals surface area (Å²) in [7, 11) is -3.71. The Morgan fingerprint density at radius 2 is 1.41 bits per heavy atom. The van der Waals surface area contributed by atoms with Crippen LogP contribution < -0.4 is 0 Å². The Labute approximate surface area is 170 Å². The summed E-state index contributed by atoms with van der Waals surface area (Å²) >= 11 is 0. The summed E-state index contributed by atoms with van der Waals surface area (Å²) in [5, 5.41) is 9.79. The zero-order chi connectivity index (χ0) is 21.4. The van der Waals surface area contributed by atoms with E-state index in [4.69, 9.17) is 13.6 Å². The molecule has 0 unspecified atom stereocenters. The first-order valence-electron chi connectivity index (χ1n) is 10.5. The van der Waals surface area contributed by atoms with E-state index in [0.29, 0.717) is 0 Å². The lowest BCUT2D eigenvalue weighted by Gasteiger charge is -2.44. The Kier molecular flexibility index (Phi) is 8.03. The van der Waals surface area contributed by atoms with Crippen molar-refractivity contribution in [2.24, 2.45) is 11.8 Å². The first-order chi connectivity index (χ1) is 11.9. The van der Waals surface area contributed by atoms with E-state index >= 15 is 0 Å². The Balaban J connectivity index is 2.93. The summed E-state index contributed by atoms with van der Waals surface area (Å²) in [6.45, 7) is 28.2. The minimum absolute atomic E-state index is 0.0287. The summed E-state index contributed by atoms with van der Waals surface area (Å²) < 4.78 is 19.1. The largest absolute Gasteiger partial charge is 0.416 e. The summed E-state index contributed by atoms with van der Waals surface area (Å²) in [4.78, 5) is 0. The molecule has 0 aliphatic carbocycles. The summed E-state index contributed by atoms with van der Waals surface area (Å²) in [5.41, 5.74) is 0. The van der Waals surface area contributed by atoms with E-state index in [1.54, 1.807) is 0 Å². The maximum absolute atomic E-state index is 9.43. The zero-order valence-electron chi connectivity index (χ0n) is 20.0. The predicted octanol–water partition coefficient (Wildman–Crippen LogP) is 5.43. The van der Waals surface area contributed by atoms with Gasteiger partial charge in [0, 0.05) is 18.4 Å². The van der Waals surface area contributed by atoms with Gasteiger partial charge in [-0.3, -0.25) is 0 Å². The van der Waals surface area contributed by atoms with Crippen LogP contribution in [0, 0.1) is 11.8 Å². The molecule has 0 amide bonds. The molecular weight excluding hydrogens is 372 g/mol. The zero-order valence-corrected chi connectivity index (χ0v) is 22.0. The van der Waals surface area contributed by atoms with Gasteiger partial charge in [0.25, 0.3) is 0 Å². The van der Waals surface area contributed by atoms with Crippen molar-refractivity contribution >= 4 is 16.6 Å². The van der Waals surface area contributed by atoms with E-state index in [2.05, 4.69) is 81.6 Å². The van der Waals surface area contributed by atoms with Crippen molar-refractivity contribution in [2.75, 3.05) is 13.2 Å². The molecule has 0 aromatic rings. The normalized spacial score (nSPS) is 25.2. The van der Waals surface area contributed by atoms with Crippen LogP contribution >= 0.6 is 0 Å². The summed E-state index contributed by atoms with van der Waals surface area (Å²) in [6.07, 6.45) is 0.149. The van der Waals surface area contributed by atoms with Gasteiger partial charge in [-0.15, -0.1) is 0 Å². The van der Waals surface area contributed by atoms with E-state index in [9.17, 15) is 5.11 Å². The van der Waals surface area contributed by atoms with Crippen LogP contribution in [-0.2, 0) is 13.6 Å². The van der Waals surface area contributed by atoms with E-state index < -0.39 is 16.6 Å². The van der Waals surface area contributed by atoms with Gasteiger partial charge in [-0.25, -0.2) is 0 Å². The van der Waals surface area contributed by atoms with E-state index in [-0.39, 0.29) is 46.8 Å². The molecule has 5 atom stereocenters. The lowest BCUT2D eigenvalue weighted by atomic mass is 9.90. The smallest absolute Gasteiger partial charge is 0.192 e. The molecular formula is C21H46O4Si2. The molecule has 1 rings (SSSR count). The van der Waals surface area contributed by atoms with Gasteiger partial charge in [-0.1, -0.05) is 55.4 Å². The van der Waals surface area contributed by atoms with Gasteiger partial charge >= 0.3 is 0 Å². The van der Waals surface area contributed by atoms with E-state index in [0.717, 1.165) is 6.61 Å². The third-order valence-corrected chi connectivity index (χ3v) is 16.1. The average molecular weight is 419 g/mol. The maximum atomic E-state index is 9.43. The monoisotopic (exact) mass is 418 g/mol. The highest BCUT2D eigenvalue weighted by atomic mass is 28.4. The van der Waals surface area contributed by atoms with Gasteiger partial charge in [0.05, 0.1) is 18.8 Å². The molecule has 4 nitrogen and oxygen atoms in total. The third-order valence-electron chi connectivity index (χ3n) is 7.15. The van der Waals surface area contributed by atoms with Crippen LogP contribution in [0.4, 0.5) is 0 Å². The number of aliphatic hydroxyl groups excluding tert-OH is 1. The lowest BCUT2D eigenvalue weighted by molar-refractivity contribution is 0.0382. The number of hydrogen-bond donors (Lipinski definition) is 1. The summed E-state index contributed by atoms with van der Waals surface area (Å²) in [5.74, 6) is 0.529. The topological polar surface area (TPSA) is 51.2 Å². The van der Waals surface area contributed by atoms with Gasteiger partial charge in [-0.05, 0) is 36.3 Å². The number of hydrogen-bond acceptors (Lipinski definition) is 4. The highest BCUT2D eigenvalue weighted by Crippen LogP contribution is 2.42. The van der Waals surface area contributed by atoms with Crippen molar-refractivity contribution in [3.8, 4) is 0 Å². The van der Waals surface area contributed by atoms with E-state index in [1.165, 1.54) is 0 Å². The molecule has 6 heteroatoms. The van der Waals surface area contributed by atoms with Crippen LogP contribution in [0.1, 0.15) is 55.4 Å². The quantitative estimate of drug-likeness (QED) is 0.400. The molecule has 0 aromatic carbocycles.